The summed E-state index contributed by atoms with van der Waals surface area (Å²) in [5.74, 6) is 0.574. The maximum Gasteiger partial charge on any atom is 0.255 e. The second-order valence-electron chi connectivity index (χ2n) is 5.78. The van der Waals surface area contributed by atoms with Crippen LogP contribution in [-0.2, 0) is 6.42 Å². The van der Waals surface area contributed by atoms with E-state index in [4.69, 9.17) is 22.4 Å². The molecule has 0 radical (unpaired) electrons. The van der Waals surface area contributed by atoms with E-state index in [0.29, 0.717) is 22.7 Å². The van der Waals surface area contributed by atoms with Crippen LogP contribution < -0.4 is 11.1 Å². The van der Waals surface area contributed by atoms with E-state index in [1.54, 1.807) is 12.3 Å². The van der Waals surface area contributed by atoms with Gasteiger partial charge in [0.2, 0.25) is 0 Å². The number of carbonyl (C=O) groups excluding carboxylic acids is 1. The number of nitrogens with one attached hydrogen (secondary N) is 1. The zero-order valence-electron chi connectivity index (χ0n) is 12.6. The average Bonchev–Trinajstić information content (AvgIpc) is 2.90. The molecule has 1 saturated carbocycles. The highest BCUT2D eigenvalue weighted by atomic mass is 32.1. The number of thiocarbonyl (C=S) groups is 1. The van der Waals surface area contributed by atoms with Gasteiger partial charge in [-0.15, -0.1) is 0 Å². The van der Waals surface area contributed by atoms with Crippen molar-refractivity contribution < 1.29 is 9.21 Å². The maximum absolute atomic E-state index is 12.6. The highest BCUT2D eigenvalue weighted by molar-refractivity contribution is 7.80. The molecule has 5 heteroatoms. The summed E-state index contributed by atoms with van der Waals surface area (Å²) in [6.45, 7) is 1.97. The standard InChI is InChI=1S/C16H24N2O2S/c1-2-13-12(8-11-20-13)14(19)18-16(15(17)21)9-6-4-3-5-7-10-16/h8,11H,2-7,9-10H2,1H3,(H2,17,21)(H,18,19). The second-order valence-corrected chi connectivity index (χ2v) is 6.22. The first-order chi connectivity index (χ1) is 10.1. The Morgan fingerprint density at radius 2 is 1.95 bits per heavy atom. The zero-order valence-corrected chi connectivity index (χ0v) is 13.4. The molecule has 0 atom stereocenters. The fraction of sp³-hybridized carbons (Fsp3) is 0.625. The van der Waals surface area contributed by atoms with E-state index < -0.39 is 5.54 Å². The second kappa shape index (κ2) is 7.07. The van der Waals surface area contributed by atoms with Gasteiger partial charge in [0.05, 0.1) is 22.4 Å². The Morgan fingerprint density at radius 3 is 2.52 bits per heavy atom. The molecule has 0 spiro atoms. The van der Waals surface area contributed by atoms with Gasteiger partial charge in [0.15, 0.2) is 0 Å². The van der Waals surface area contributed by atoms with Gasteiger partial charge in [0.25, 0.3) is 5.91 Å². The molecule has 1 aromatic rings. The van der Waals surface area contributed by atoms with Crippen LogP contribution in [0.15, 0.2) is 16.7 Å². The van der Waals surface area contributed by atoms with Crippen molar-refractivity contribution in [2.24, 2.45) is 5.73 Å². The quantitative estimate of drug-likeness (QED) is 0.837. The molecule has 1 amide bonds. The first kappa shape index (κ1) is 16.0. The molecule has 0 bridgehead atoms. The monoisotopic (exact) mass is 308 g/mol. The van der Waals surface area contributed by atoms with Crippen molar-refractivity contribution >= 4 is 23.1 Å². The maximum atomic E-state index is 12.6. The van der Waals surface area contributed by atoms with E-state index in [1.807, 2.05) is 6.92 Å². The first-order valence-electron chi connectivity index (χ1n) is 7.78. The SMILES string of the molecule is CCc1occc1C(=O)NC1(C(N)=S)CCCCCCC1. The van der Waals surface area contributed by atoms with Crippen LogP contribution in [0.4, 0.5) is 0 Å². The van der Waals surface area contributed by atoms with Crippen LogP contribution in [0.2, 0.25) is 0 Å². The number of rotatable bonds is 4. The molecule has 1 aromatic heterocycles. The number of hydrogen-bond acceptors (Lipinski definition) is 3. The number of furan rings is 1. The predicted octanol–water partition coefficient (Wildman–Crippen LogP) is 3.34. The number of nitrogens with two attached hydrogens (primary N) is 1. The van der Waals surface area contributed by atoms with Gasteiger partial charge in [-0.25, -0.2) is 0 Å². The minimum atomic E-state index is -0.547. The summed E-state index contributed by atoms with van der Waals surface area (Å²) in [4.78, 5) is 13.0. The van der Waals surface area contributed by atoms with Crippen LogP contribution in [0.25, 0.3) is 0 Å². The Bertz CT molecular complexity index is 502. The van der Waals surface area contributed by atoms with E-state index in [9.17, 15) is 4.79 Å². The van der Waals surface area contributed by atoms with E-state index in [0.717, 1.165) is 25.7 Å². The summed E-state index contributed by atoms with van der Waals surface area (Å²) in [7, 11) is 0. The molecule has 4 nitrogen and oxygen atoms in total. The normalized spacial score (nSPS) is 18.5. The van der Waals surface area contributed by atoms with Crippen LogP contribution in [0.5, 0.6) is 0 Å². The Labute approximate surface area is 131 Å². The molecule has 0 saturated heterocycles. The van der Waals surface area contributed by atoms with Gasteiger partial charge in [0.1, 0.15) is 5.76 Å². The summed E-state index contributed by atoms with van der Waals surface area (Å²) >= 11 is 5.28. The number of aryl methyl sites for hydroxylation is 1. The van der Waals surface area contributed by atoms with E-state index in [2.05, 4.69) is 5.32 Å². The van der Waals surface area contributed by atoms with Crippen molar-refractivity contribution in [1.82, 2.24) is 5.32 Å². The van der Waals surface area contributed by atoms with Crippen molar-refractivity contribution in [2.45, 2.75) is 63.8 Å². The van der Waals surface area contributed by atoms with Gasteiger partial charge >= 0.3 is 0 Å². The summed E-state index contributed by atoms with van der Waals surface area (Å²) in [5.41, 5.74) is 6.03. The Hall–Kier alpha value is -1.36. The van der Waals surface area contributed by atoms with Crippen molar-refractivity contribution in [3.8, 4) is 0 Å². The van der Waals surface area contributed by atoms with Crippen LogP contribution in [0.1, 0.15) is 68.0 Å². The van der Waals surface area contributed by atoms with Gasteiger partial charge in [-0.3, -0.25) is 4.79 Å². The van der Waals surface area contributed by atoms with Gasteiger partial charge in [-0.1, -0.05) is 51.2 Å². The summed E-state index contributed by atoms with van der Waals surface area (Å²) in [5, 5.41) is 3.11. The molecular formula is C16H24N2O2S. The number of hydrogen-bond donors (Lipinski definition) is 2. The zero-order chi connectivity index (χ0) is 15.3. The van der Waals surface area contributed by atoms with Gasteiger partial charge in [-0.2, -0.15) is 0 Å². The molecule has 0 unspecified atom stereocenters. The Kier molecular flexibility index (Phi) is 5.39. The smallest absolute Gasteiger partial charge is 0.255 e. The molecule has 0 aromatic carbocycles. The molecule has 1 heterocycles. The van der Waals surface area contributed by atoms with Gasteiger partial charge < -0.3 is 15.5 Å². The summed E-state index contributed by atoms with van der Waals surface area (Å²) in [6.07, 6.45) is 9.59. The average molecular weight is 308 g/mol. The molecule has 1 fully saturated rings. The minimum absolute atomic E-state index is 0.131. The van der Waals surface area contributed by atoms with Crippen molar-refractivity contribution in [3.63, 3.8) is 0 Å². The third-order valence-corrected chi connectivity index (χ3v) is 4.73. The number of carbonyl (C=O) groups is 1. The van der Waals surface area contributed by atoms with Crippen LogP contribution in [-0.4, -0.2) is 16.4 Å². The van der Waals surface area contributed by atoms with Crippen molar-refractivity contribution in [1.29, 1.82) is 0 Å². The molecular weight excluding hydrogens is 284 g/mol. The summed E-state index contributed by atoms with van der Waals surface area (Å²) in [6, 6.07) is 1.71. The minimum Gasteiger partial charge on any atom is -0.469 e. The Balaban J connectivity index is 2.18. The third kappa shape index (κ3) is 3.64. The molecule has 2 rings (SSSR count). The molecule has 1 aliphatic carbocycles. The predicted molar refractivity (Wildman–Crippen MR) is 87.4 cm³/mol. The first-order valence-corrected chi connectivity index (χ1v) is 8.18. The highest BCUT2D eigenvalue weighted by Crippen LogP contribution is 2.27. The van der Waals surface area contributed by atoms with E-state index >= 15 is 0 Å². The fourth-order valence-electron chi connectivity index (χ4n) is 3.04. The lowest BCUT2D eigenvalue weighted by Crippen LogP contribution is -2.57. The lowest BCUT2D eigenvalue weighted by atomic mass is 9.83. The highest BCUT2D eigenvalue weighted by Gasteiger charge is 2.35. The topological polar surface area (TPSA) is 68.3 Å². The molecule has 3 N–H and O–H groups in total. The molecule has 116 valence electrons. The Morgan fingerprint density at radius 1 is 1.33 bits per heavy atom. The van der Waals surface area contributed by atoms with E-state index in [-0.39, 0.29) is 5.91 Å². The third-order valence-electron chi connectivity index (χ3n) is 4.34. The van der Waals surface area contributed by atoms with Gasteiger partial charge in [0, 0.05) is 6.42 Å². The van der Waals surface area contributed by atoms with Crippen LogP contribution >= 0.6 is 12.2 Å². The molecule has 21 heavy (non-hydrogen) atoms. The number of amides is 1. The van der Waals surface area contributed by atoms with Crippen LogP contribution in [0, 0.1) is 0 Å². The van der Waals surface area contributed by atoms with Crippen molar-refractivity contribution in [3.05, 3.63) is 23.7 Å². The lowest BCUT2D eigenvalue weighted by Gasteiger charge is -2.35. The summed E-state index contributed by atoms with van der Waals surface area (Å²) < 4.78 is 5.34. The largest absolute Gasteiger partial charge is 0.469 e. The molecule has 0 aliphatic heterocycles. The van der Waals surface area contributed by atoms with Gasteiger partial charge in [-0.05, 0) is 18.9 Å². The lowest BCUT2D eigenvalue weighted by molar-refractivity contribution is 0.0911. The van der Waals surface area contributed by atoms with Crippen LogP contribution in [0.3, 0.4) is 0 Å². The van der Waals surface area contributed by atoms with Crippen molar-refractivity contribution in [2.75, 3.05) is 0 Å². The van der Waals surface area contributed by atoms with E-state index in [1.165, 1.54) is 19.3 Å². The molecule has 1 aliphatic rings. The fourth-order valence-corrected chi connectivity index (χ4v) is 3.30.